The molecule has 0 aliphatic carbocycles. The quantitative estimate of drug-likeness (QED) is 0.702. The van der Waals surface area contributed by atoms with Crippen molar-refractivity contribution in [3.63, 3.8) is 0 Å². The summed E-state index contributed by atoms with van der Waals surface area (Å²) in [5, 5.41) is 0. The second-order valence-electron chi connectivity index (χ2n) is 6.05. The van der Waals surface area contributed by atoms with Crippen LogP contribution in [-0.4, -0.2) is 48.1 Å². The van der Waals surface area contributed by atoms with Crippen molar-refractivity contribution in [3.05, 3.63) is 24.3 Å². The van der Waals surface area contributed by atoms with Gasteiger partial charge < -0.3 is 0 Å². The third-order valence-corrected chi connectivity index (χ3v) is 3.87. The molecule has 0 radical (unpaired) electrons. The van der Waals surface area contributed by atoms with Crippen molar-refractivity contribution in [1.29, 1.82) is 0 Å². The van der Waals surface area contributed by atoms with Crippen LogP contribution in [0.15, 0.2) is 24.3 Å². The fraction of sp³-hybridized carbons (Fsp3) is 0.765. The van der Waals surface area contributed by atoms with Crippen molar-refractivity contribution in [1.82, 2.24) is 9.80 Å². The average Bonchev–Trinajstić information content (AvgIpc) is 2.69. The van der Waals surface area contributed by atoms with Gasteiger partial charge in [-0.15, -0.1) is 0 Å². The molecule has 19 heavy (non-hydrogen) atoms. The van der Waals surface area contributed by atoms with Gasteiger partial charge in [0, 0.05) is 31.7 Å². The first kappa shape index (κ1) is 16.5. The second kappa shape index (κ2) is 9.33. The molecule has 0 saturated heterocycles. The normalized spacial score (nSPS) is 21.4. The summed E-state index contributed by atoms with van der Waals surface area (Å²) in [6.07, 6.45) is 12.9. The summed E-state index contributed by atoms with van der Waals surface area (Å²) in [5.74, 6) is 0. The Balaban J connectivity index is 0.000000191. The number of allylic oxidation sites excluding steroid dienone is 1. The summed E-state index contributed by atoms with van der Waals surface area (Å²) in [4.78, 5) is 4.98. The summed E-state index contributed by atoms with van der Waals surface area (Å²) < 4.78 is 0. The van der Waals surface area contributed by atoms with Crippen molar-refractivity contribution in [2.24, 2.45) is 0 Å². The van der Waals surface area contributed by atoms with Crippen molar-refractivity contribution < 1.29 is 0 Å². The lowest BCUT2D eigenvalue weighted by Gasteiger charge is -2.26. The summed E-state index contributed by atoms with van der Waals surface area (Å²) in [7, 11) is 0. The lowest BCUT2D eigenvalue weighted by atomic mass is 10.2. The van der Waals surface area contributed by atoms with Crippen LogP contribution in [0.3, 0.4) is 0 Å². The van der Waals surface area contributed by atoms with Gasteiger partial charge in [0.05, 0.1) is 0 Å². The van der Waals surface area contributed by atoms with E-state index in [0.29, 0.717) is 6.04 Å². The van der Waals surface area contributed by atoms with E-state index in [2.05, 4.69) is 61.8 Å². The van der Waals surface area contributed by atoms with Crippen molar-refractivity contribution >= 4 is 0 Å². The lowest BCUT2D eigenvalue weighted by molar-refractivity contribution is 0.243. The van der Waals surface area contributed by atoms with Gasteiger partial charge in [0.25, 0.3) is 0 Å². The van der Waals surface area contributed by atoms with E-state index in [4.69, 9.17) is 0 Å². The van der Waals surface area contributed by atoms with E-state index in [-0.39, 0.29) is 0 Å². The molecule has 0 aromatic rings. The molecule has 2 nitrogen and oxygen atoms in total. The Morgan fingerprint density at radius 1 is 0.684 bits per heavy atom. The van der Waals surface area contributed by atoms with Crippen LogP contribution in [0.25, 0.3) is 0 Å². The van der Waals surface area contributed by atoms with E-state index in [1.807, 2.05) is 0 Å². The van der Waals surface area contributed by atoms with Crippen LogP contribution in [0.4, 0.5) is 0 Å². The first-order valence-electron chi connectivity index (χ1n) is 7.89. The SMILES string of the molecule is CC(C)N1CC=CCC1.CC(C)N1CC=CCCC1. The molecule has 0 aromatic heterocycles. The molecule has 2 aliphatic rings. The molecule has 0 saturated carbocycles. The molecular weight excluding hydrogens is 232 g/mol. The smallest absolute Gasteiger partial charge is 0.0166 e. The topological polar surface area (TPSA) is 6.48 Å². The van der Waals surface area contributed by atoms with Crippen LogP contribution in [-0.2, 0) is 0 Å². The Bertz CT molecular complexity index is 279. The zero-order valence-electron chi connectivity index (χ0n) is 13.3. The van der Waals surface area contributed by atoms with E-state index in [9.17, 15) is 0 Å². The highest BCUT2D eigenvalue weighted by Gasteiger charge is 2.08. The Morgan fingerprint density at radius 2 is 1.21 bits per heavy atom. The Labute approximate surface area is 120 Å². The highest BCUT2D eigenvalue weighted by molar-refractivity contribution is 4.91. The zero-order chi connectivity index (χ0) is 14.1. The summed E-state index contributed by atoms with van der Waals surface area (Å²) >= 11 is 0. The molecule has 0 bridgehead atoms. The van der Waals surface area contributed by atoms with Crippen LogP contribution < -0.4 is 0 Å². The molecule has 0 atom stereocenters. The number of hydrogen-bond donors (Lipinski definition) is 0. The average molecular weight is 264 g/mol. The summed E-state index contributed by atoms with van der Waals surface area (Å²) in [6.45, 7) is 13.8. The van der Waals surface area contributed by atoms with Gasteiger partial charge in [0.1, 0.15) is 0 Å². The lowest BCUT2D eigenvalue weighted by Crippen LogP contribution is -2.33. The fourth-order valence-corrected chi connectivity index (χ4v) is 2.43. The van der Waals surface area contributed by atoms with E-state index >= 15 is 0 Å². The monoisotopic (exact) mass is 264 g/mol. The molecule has 2 aliphatic heterocycles. The van der Waals surface area contributed by atoms with Gasteiger partial charge in [-0.2, -0.15) is 0 Å². The Kier molecular flexibility index (Phi) is 8.08. The van der Waals surface area contributed by atoms with Gasteiger partial charge in [0.2, 0.25) is 0 Å². The largest absolute Gasteiger partial charge is 0.297 e. The van der Waals surface area contributed by atoms with Gasteiger partial charge in [-0.3, -0.25) is 9.80 Å². The second-order valence-corrected chi connectivity index (χ2v) is 6.05. The van der Waals surface area contributed by atoms with Gasteiger partial charge in [-0.25, -0.2) is 0 Å². The molecule has 0 spiro atoms. The van der Waals surface area contributed by atoms with E-state index < -0.39 is 0 Å². The summed E-state index contributed by atoms with van der Waals surface area (Å²) in [5.41, 5.74) is 0. The molecular formula is C17H32N2. The molecule has 2 rings (SSSR count). The minimum absolute atomic E-state index is 0.711. The van der Waals surface area contributed by atoms with Crippen molar-refractivity contribution in [2.75, 3.05) is 26.2 Å². The third kappa shape index (κ3) is 6.93. The van der Waals surface area contributed by atoms with E-state index in [1.165, 1.54) is 32.4 Å². The molecule has 2 heteroatoms. The molecule has 0 unspecified atom stereocenters. The molecule has 0 amide bonds. The summed E-state index contributed by atoms with van der Waals surface area (Å²) in [6, 6.07) is 1.43. The molecule has 0 N–H and O–H groups in total. The molecule has 0 fully saturated rings. The number of rotatable bonds is 2. The maximum Gasteiger partial charge on any atom is 0.0166 e. The highest BCUT2D eigenvalue weighted by atomic mass is 15.1. The van der Waals surface area contributed by atoms with Crippen LogP contribution >= 0.6 is 0 Å². The van der Waals surface area contributed by atoms with Gasteiger partial charge in [-0.1, -0.05) is 24.3 Å². The molecule has 2 heterocycles. The Hall–Kier alpha value is -0.600. The van der Waals surface area contributed by atoms with Crippen molar-refractivity contribution in [3.8, 4) is 0 Å². The third-order valence-electron chi connectivity index (χ3n) is 3.87. The molecule has 110 valence electrons. The van der Waals surface area contributed by atoms with Crippen LogP contribution in [0.1, 0.15) is 47.0 Å². The highest BCUT2D eigenvalue weighted by Crippen LogP contribution is 2.06. The minimum Gasteiger partial charge on any atom is -0.297 e. The van der Waals surface area contributed by atoms with Crippen LogP contribution in [0, 0.1) is 0 Å². The van der Waals surface area contributed by atoms with Gasteiger partial charge in [-0.05, 0) is 53.5 Å². The van der Waals surface area contributed by atoms with Gasteiger partial charge in [0.15, 0.2) is 0 Å². The van der Waals surface area contributed by atoms with Crippen molar-refractivity contribution in [2.45, 2.75) is 59.0 Å². The molecule has 0 aromatic carbocycles. The fourth-order valence-electron chi connectivity index (χ4n) is 2.43. The maximum absolute atomic E-state index is 2.50. The zero-order valence-corrected chi connectivity index (χ0v) is 13.3. The van der Waals surface area contributed by atoms with Crippen LogP contribution in [0.2, 0.25) is 0 Å². The predicted octanol–water partition coefficient (Wildman–Crippen LogP) is 3.70. The maximum atomic E-state index is 2.50. The first-order chi connectivity index (χ1) is 9.11. The minimum atomic E-state index is 0.711. The Morgan fingerprint density at radius 3 is 1.68 bits per heavy atom. The standard InChI is InChI=1S/C9H17N.C8H15N/c1-9(2)10-7-5-3-4-6-8-10;1-8(2)9-6-4-3-5-7-9/h3,5,9H,4,6-8H2,1-2H3;3-4,8H,5-7H2,1-2H3. The number of nitrogens with zero attached hydrogens (tertiary/aromatic N) is 2. The van der Waals surface area contributed by atoms with Gasteiger partial charge >= 0.3 is 0 Å². The van der Waals surface area contributed by atoms with E-state index in [0.717, 1.165) is 19.1 Å². The first-order valence-corrected chi connectivity index (χ1v) is 7.89. The van der Waals surface area contributed by atoms with E-state index in [1.54, 1.807) is 0 Å². The predicted molar refractivity (Wildman–Crippen MR) is 85.5 cm³/mol. The van der Waals surface area contributed by atoms with Crippen LogP contribution in [0.5, 0.6) is 0 Å². The number of hydrogen-bond acceptors (Lipinski definition) is 2.